The molecule has 8 nitrogen and oxygen atoms in total. The molecule has 0 saturated carbocycles. The van der Waals surface area contributed by atoms with Gasteiger partial charge >= 0.3 is 11.9 Å². The molecule has 9 heteroatoms. The van der Waals surface area contributed by atoms with Crippen molar-refractivity contribution in [3.63, 3.8) is 0 Å². The molecule has 3 N–H and O–H groups in total. The summed E-state index contributed by atoms with van der Waals surface area (Å²) in [6, 6.07) is 0. The Morgan fingerprint density at radius 2 is 1.24 bits per heavy atom. The van der Waals surface area contributed by atoms with Gasteiger partial charge in [0, 0.05) is 19.6 Å². The van der Waals surface area contributed by atoms with E-state index in [1.807, 2.05) is 0 Å². The first-order chi connectivity index (χ1) is 13.7. The van der Waals surface area contributed by atoms with Gasteiger partial charge in [-0.3, -0.25) is 14.1 Å². The molecule has 0 rings (SSSR count). The van der Waals surface area contributed by atoms with Crippen LogP contribution in [-0.4, -0.2) is 53.1 Å². The fraction of sp³-hybridized carbons (Fsp3) is 0.900. The minimum absolute atomic E-state index is 0.253. The SMILES string of the molecule is CCCCCCCCCCCCCCOCCC(CC(=O)O)(C(=O)O)S(=O)(=O)O. The van der Waals surface area contributed by atoms with E-state index < -0.39 is 39.6 Å². The molecule has 0 amide bonds. The molecule has 29 heavy (non-hydrogen) atoms. The van der Waals surface area contributed by atoms with Crippen molar-refractivity contribution in [1.82, 2.24) is 0 Å². The first-order valence-electron chi connectivity index (χ1n) is 10.7. The van der Waals surface area contributed by atoms with Crippen LogP contribution in [0.3, 0.4) is 0 Å². The lowest BCUT2D eigenvalue weighted by Crippen LogP contribution is -2.48. The highest BCUT2D eigenvalue weighted by molar-refractivity contribution is 7.88. The number of carboxylic acids is 2. The average Bonchev–Trinajstić information content (AvgIpc) is 2.62. The predicted octanol–water partition coefficient (Wildman–Crippen LogP) is 4.28. The normalized spacial score (nSPS) is 13.9. The lowest BCUT2D eigenvalue weighted by atomic mass is 10.0. The van der Waals surface area contributed by atoms with Crippen molar-refractivity contribution in [2.75, 3.05) is 13.2 Å². The van der Waals surface area contributed by atoms with Gasteiger partial charge in [-0.15, -0.1) is 0 Å². The molecule has 0 saturated heterocycles. The molecule has 0 aliphatic carbocycles. The minimum atomic E-state index is -5.10. The first kappa shape index (κ1) is 27.8. The van der Waals surface area contributed by atoms with E-state index in [1.165, 1.54) is 57.8 Å². The van der Waals surface area contributed by atoms with Crippen LogP contribution >= 0.6 is 0 Å². The second-order valence-electron chi connectivity index (χ2n) is 7.60. The van der Waals surface area contributed by atoms with Crippen LogP contribution in [0.4, 0.5) is 0 Å². The molecule has 1 unspecified atom stereocenters. The summed E-state index contributed by atoms with van der Waals surface area (Å²) in [7, 11) is -5.10. The van der Waals surface area contributed by atoms with Crippen molar-refractivity contribution < 1.29 is 37.5 Å². The molecular formula is C20H38O8S. The third kappa shape index (κ3) is 12.2. The van der Waals surface area contributed by atoms with Gasteiger partial charge in [-0.05, 0) is 6.42 Å². The Morgan fingerprint density at radius 1 is 0.793 bits per heavy atom. The number of carbonyl (C=O) groups is 2. The summed E-state index contributed by atoms with van der Waals surface area (Å²) >= 11 is 0. The maximum atomic E-state index is 11.5. The second kappa shape index (κ2) is 15.6. The molecule has 0 aromatic heterocycles. The van der Waals surface area contributed by atoms with Crippen LogP contribution in [0.15, 0.2) is 0 Å². The van der Waals surface area contributed by atoms with E-state index in [0.717, 1.165) is 19.3 Å². The van der Waals surface area contributed by atoms with Crippen LogP contribution in [0.5, 0.6) is 0 Å². The summed E-state index contributed by atoms with van der Waals surface area (Å²) in [5.41, 5.74) is 0. The fourth-order valence-corrected chi connectivity index (χ4v) is 4.10. The first-order valence-corrected chi connectivity index (χ1v) is 12.1. The van der Waals surface area contributed by atoms with Crippen LogP contribution < -0.4 is 0 Å². The molecule has 172 valence electrons. The highest BCUT2D eigenvalue weighted by atomic mass is 32.2. The fourth-order valence-electron chi connectivity index (χ4n) is 3.23. The molecule has 0 bridgehead atoms. The molecule has 0 aromatic carbocycles. The molecule has 0 fully saturated rings. The maximum absolute atomic E-state index is 11.5. The van der Waals surface area contributed by atoms with E-state index in [9.17, 15) is 22.6 Å². The molecular weight excluding hydrogens is 400 g/mol. The molecule has 0 aromatic rings. The van der Waals surface area contributed by atoms with Crippen LogP contribution in [0.1, 0.15) is 96.8 Å². The Bertz CT molecular complexity index is 561. The van der Waals surface area contributed by atoms with Crippen LogP contribution in [0.25, 0.3) is 0 Å². The molecule has 0 aliphatic rings. The Labute approximate surface area is 174 Å². The highest BCUT2D eigenvalue weighted by Gasteiger charge is 2.52. The lowest BCUT2D eigenvalue weighted by Gasteiger charge is -2.24. The Hall–Kier alpha value is -1.19. The number of hydrogen-bond acceptors (Lipinski definition) is 5. The van der Waals surface area contributed by atoms with E-state index >= 15 is 0 Å². The van der Waals surface area contributed by atoms with Crippen molar-refractivity contribution in [2.45, 2.75) is 102 Å². The van der Waals surface area contributed by atoms with E-state index in [0.29, 0.717) is 6.61 Å². The van der Waals surface area contributed by atoms with Crippen molar-refractivity contribution in [3.8, 4) is 0 Å². The van der Waals surface area contributed by atoms with Crippen molar-refractivity contribution in [2.24, 2.45) is 0 Å². The van der Waals surface area contributed by atoms with E-state index in [1.54, 1.807) is 0 Å². The zero-order valence-electron chi connectivity index (χ0n) is 17.6. The number of aliphatic carboxylic acids is 2. The summed E-state index contributed by atoms with van der Waals surface area (Å²) in [5.74, 6) is -3.51. The smallest absolute Gasteiger partial charge is 0.328 e. The Balaban J connectivity index is 3.86. The number of carboxylic acid groups (broad SMARTS) is 2. The quantitative estimate of drug-likeness (QED) is 0.189. The van der Waals surface area contributed by atoms with Crippen molar-refractivity contribution >= 4 is 22.1 Å². The minimum Gasteiger partial charge on any atom is -0.481 e. The Kier molecular flexibility index (Phi) is 15.0. The van der Waals surface area contributed by atoms with E-state index in [4.69, 9.17) is 14.9 Å². The topological polar surface area (TPSA) is 138 Å². The van der Waals surface area contributed by atoms with Crippen molar-refractivity contribution in [1.29, 1.82) is 0 Å². The second-order valence-corrected chi connectivity index (χ2v) is 9.33. The molecule has 0 aliphatic heterocycles. The van der Waals surface area contributed by atoms with Gasteiger partial charge in [-0.25, -0.2) is 0 Å². The number of unbranched alkanes of at least 4 members (excludes halogenated alkanes) is 11. The van der Waals surface area contributed by atoms with Gasteiger partial charge in [0.2, 0.25) is 4.75 Å². The van der Waals surface area contributed by atoms with E-state index in [2.05, 4.69) is 6.92 Å². The van der Waals surface area contributed by atoms with Gasteiger partial charge in [0.15, 0.2) is 0 Å². The van der Waals surface area contributed by atoms with Crippen molar-refractivity contribution in [3.05, 3.63) is 0 Å². The van der Waals surface area contributed by atoms with Gasteiger partial charge in [-0.1, -0.05) is 77.6 Å². The number of ether oxygens (including phenoxy) is 1. The lowest BCUT2D eigenvalue weighted by molar-refractivity contribution is -0.147. The number of rotatable bonds is 20. The largest absolute Gasteiger partial charge is 0.481 e. The van der Waals surface area contributed by atoms with Gasteiger partial charge in [-0.2, -0.15) is 8.42 Å². The molecule has 0 radical (unpaired) electrons. The van der Waals surface area contributed by atoms with Crippen LogP contribution in [-0.2, 0) is 24.4 Å². The summed E-state index contributed by atoms with van der Waals surface area (Å²) < 4.78 is 34.7. The summed E-state index contributed by atoms with van der Waals surface area (Å²) in [4.78, 5) is 22.2. The van der Waals surface area contributed by atoms with Crippen LogP contribution in [0, 0.1) is 0 Å². The zero-order chi connectivity index (χ0) is 22.2. The van der Waals surface area contributed by atoms with Gasteiger partial charge in [0.25, 0.3) is 10.1 Å². The monoisotopic (exact) mass is 438 g/mol. The van der Waals surface area contributed by atoms with Crippen LogP contribution in [0.2, 0.25) is 0 Å². The summed E-state index contributed by atoms with van der Waals surface area (Å²) in [6.07, 6.45) is 12.5. The summed E-state index contributed by atoms with van der Waals surface area (Å²) in [6.45, 7) is 2.30. The van der Waals surface area contributed by atoms with E-state index in [-0.39, 0.29) is 6.61 Å². The highest BCUT2D eigenvalue weighted by Crippen LogP contribution is 2.26. The third-order valence-corrected chi connectivity index (χ3v) is 6.62. The Morgan fingerprint density at radius 3 is 1.62 bits per heavy atom. The standard InChI is InChI=1S/C20H38O8S/c1-2-3-4-5-6-7-8-9-10-11-12-13-15-28-16-14-20(19(23)24,17-18(21)22)29(25,26)27/h2-17H2,1H3,(H,21,22)(H,23,24)(H,25,26,27). The van der Waals surface area contributed by atoms with Gasteiger partial charge < -0.3 is 14.9 Å². The van der Waals surface area contributed by atoms with Gasteiger partial charge in [0.1, 0.15) is 0 Å². The summed E-state index contributed by atoms with van der Waals surface area (Å²) in [5, 5.41) is 18.0. The average molecular weight is 439 g/mol. The maximum Gasteiger partial charge on any atom is 0.328 e. The molecule has 0 spiro atoms. The zero-order valence-corrected chi connectivity index (χ0v) is 18.4. The molecule has 1 atom stereocenters. The predicted molar refractivity (Wildman–Crippen MR) is 111 cm³/mol. The third-order valence-electron chi connectivity index (χ3n) is 5.11. The van der Waals surface area contributed by atoms with Gasteiger partial charge in [0.05, 0.1) is 6.42 Å². The molecule has 0 heterocycles. The number of hydrogen-bond donors (Lipinski definition) is 3.